The number of nitrogens with one attached hydrogen (secondary N) is 1. The van der Waals surface area contributed by atoms with Crippen LogP contribution in [0.15, 0.2) is 42.5 Å². The first kappa shape index (κ1) is 14.6. The highest BCUT2D eigenvalue weighted by atomic mass is 16.7. The second-order valence-corrected chi connectivity index (χ2v) is 5.96. The first-order chi connectivity index (χ1) is 11.7. The van der Waals surface area contributed by atoms with E-state index in [-0.39, 0.29) is 19.1 Å². The number of para-hydroxylation sites is 1. The van der Waals surface area contributed by atoms with Crippen molar-refractivity contribution < 1.29 is 14.3 Å². The summed E-state index contributed by atoms with van der Waals surface area (Å²) in [5, 5.41) is 1.07. The van der Waals surface area contributed by atoms with Crippen LogP contribution in [-0.4, -0.2) is 17.7 Å². The van der Waals surface area contributed by atoms with Gasteiger partial charge in [-0.2, -0.15) is 0 Å². The van der Waals surface area contributed by atoms with E-state index in [1.807, 2.05) is 42.5 Å². The summed E-state index contributed by atoms with van der Waals surface area (Å²) in [6.07, 6.45) is 1.90. The average molecular weight is 322 g/mol. The van der Waals surface area contributed by atoms with E-state index >= 15 is 0 Å². The topological polar surface area (TPSA) is 77.3 Å². The first-order valence-electron chi connectivity index (χ1n) is 7.96. The van der Waals surface area contributed by atoms with Gasteiger partial charge < -0.3 is 20.2 Å². The van der Waals surface area contributed by atoms with E-state index in [0.29, 0.717) is 0 Å². The molecule has 0 saturated heterocycles. The SMILES string of the molecule is NC(=O)Cc1c(CCc2ccc3c(c2)OCO3)[nH]c2ccccc12. The third-order valence-corrected chi connectivity index (χ3v) is 4.35. The smallest absolute Gasteiger partial charge is 0.231 e. The maximum absolute atomic E-state index is 11.4. The molecule has 2 heterocycles. The van der Waals surface area contributed by atoms with Gasteiger partial charge in [0.2, 0.25) is 12.7 Å². The monoisotopic (exact) mass is 322 g/mol. The summed E-state index contributed by atoms with van der Waals surface area (Å²) < 4.78 is 10.8. The van der Waals surface area contributed by atoms with Crippen LogP contribution in [0.2, 0.25) is 0 Å². The number of aromatic nitrogens is 1. The van der Waals surface area contributed by atoms with Gasteiger partial charge in [0, 0.05) is 16.6 Å². The molecule has 4 rings (SSSR count). The highest BCUT2D eigenvalue weighted by molar-refractivity contribution is 5.89. The van der Waals surface area contributed by atoms with Crippen LogP contribution in [0.3, 0.4) is 0 Å². The third kappa shape index (κ3) is 2.69. The Hall–Kier alpha value is -2.95. The molecule has 0 bridgehead atoms. The van der Waals surface area contributed by atoms with Gasteiger partial charge in [-0.25, -0.2) is 0 Å². The summed E-state index contributed by atoms with van der Waals surface area (Å²) in [6, 6.07) is 14.0. The van der Waals surface area contributed by atoms with Crippen LogP contribution in [0.25, 0.3) is 10.9 Å². The number of primary amides is 1. The lowest BCUT2D eigenvalue weighted by Gasteiger charge is -2.05. The van der Waals surface area contributed by atoms with Crippen LogP contribution in [-0.2, 0) is 24.1 Å². The molecular weight excluding hydrogens is 304 g/mol. The number of benzene rings is 2. The summed E-state index contributed by atoms with van der Waals surface area (Å²) in [5.74, 6) is 1.27. The zero-order valence-corrected chi connectivity index (χ0v) is 13.2. The van der Waals surface area contributed by atoms with E-state index in [1.165, 1.54) is 5.56 Å². The quantitative estimate of drug-likeness (QED) is 0.758. The van der Waals surface area contributed by atoms with E-state index < -0.39 is 0 Å². The van der Waals surface area contributed by atoms with Gasteiger partial charge >= 0.3 is 0 Å². The molecule has 122 valence electrons. The number of aromatic amines is 1. The highest BCUT2D eigenvalue weighted by Crippen LogP contribution is 2.33. The van der Waals surface area contributed by atoms with Gasteiger partial charge in [-0.1, -0.05) is 24.3 Å². The number of rotatable bonds is 5. The summed E-state index contributed by atoms with van der Waals surface area (Å²) in [6.45, 7) is 0.281. The van der Waals surface area contributed by atoms with Crippen molar-refractivity contribution in [3.63, 3.8) is 0 Å². The van der Waals surface area contributed by atoms with Crippen molar-refractivity contribution in [3.8, 4) is 11.5 Å². The number of ether oxygens (including phenoxy) is 2. The molecule has 0 fully saturated rings. The Kier molecular flexibility index (Phi) is 3.61. The van der Waals surface area contributed by atoms with Crippen LogP contribution < -0.4 is 15.2 Å². The largest absolute Gasteiger partial charge is 0.454 e. The summed E-state index contributed by atoms with van der Waals surface area (Å²) in [4.78, 5) is 14.9. The zero-order chi connectivity index (χ0) is 16.5. The van der Waals surface area contributed by atoms with E-state index in [4.69, 9.17) is 15.2 Å². The molecule has 0 saturated carbocycles. The van der Waals surface area contributed by atoms with Crippen molar-refractivity contribution in [2.75, 3.05) is 6.79 Å². The van der Waals surface area contributed by atoms with Crippen molar-refractivity contribution >= 4 is 16.8 Å². The van der Waals surface area contributed by atoms with Gasteiger partial charge in [0.25, 0.3) is 0 Å². The zero-order valence-electron chi connectivity index (χ0n) is 13.2. The molecule has 1 aliphatic rings. The number of fused-ring (bicyclic) bond motifs is 2. The average Bonchev–Trinajstić information content (AvgIpc) is 3.17. The fourth-order valence-corrected chi connectivity index (χ4v) is 3.21. The Morgan fingerprint density at radius 3 is 2.79 bits per heavy atom. The second kappa shape index (κ2) is 5.92. The summed E-state index contributed by atoms with van der Waals surface area (Å²) in [5.41, 5.74) is 9.70. The van der Waals surface area contributed by atoms with Crippen molar-refractivity contribution in [1.82, 2.24) is 4.98 Å². The predicted molar refractivity (Wildman–Crippen MR) is 91.2 cm³/mol. The molecule has 24 heavy (non-hydrogen) atoms. The predicted octanol–water partition coefficient (Wildman–Crippen LogP) is 2.71. The molecule has 0 aliphatic carbocycles. The lowest BCUT2D eigenvalue weighted by Crippen LogP contribution is -2.14. The molecule has 0 unspecified atom stereocenters. The van der Waals surface area contributed by atoms with Gasteiger partial charge in [-0.3, -0.25) is 4.79 Å². The third-order valence-electron chi connectivity index (χ3n) is 4.35. The Bertz CT molecular complexity index is 914. The lowest BCUT2D eigenvalue weighted by atomic mass is 10.0. The van der Waals surface area contributed by atoms with E-state index in [2.05, 4.69) is 4.98 Å². The first-order valence-corrected chi connectivity index (χ1v) is 7.96. The number of H-pyrrole nitrogens is 1. The summed E-state index contributed by atoms with van der Waals surface area (Å²) >= 11 is 0. The van der Waals surface area contributed by atoms with E-state index in [1.54, 1.807) is 0 Å². The van der Waals surface area contributed by atoms with Crippen molar-refractivity contribution in [2.24, 2.45) is 5.73 Å². The fourth-order valence-electron chi connectivity index (χ4n) is 3.21. The molecule has 2 aromatic carbocycles. The highest BCUT2D eigenvalue weighted by Gasteiger charge is 2.15. The lowest BCUT2D eigenvalue weighted by molar-refractivity contribution is -0.117. The van der Waals surface area contributed by atoms with E-state index in [9.17, 15) is 4.79 Å². The van der Waals surface area contributed by atoms with Crippen LogP contribution in [0, 0.1) is 0 Å². The Morgan fingerprint density at radius 1 is 1.08 bits per heavy atom. The molecule has 1 amide bonds. The van der Waals surface area contributed by atoms with Crippen molar-refractivity contribution in [3.05, 3.63) is 59.3 Å². The fraction of sp³-hybridized carbons (Fsp3) is 0.211. The number of carbonyl (C=O) groups excluding carboxylic acids is 1. The molecule has 0 spiro atoms. The maximum atomic E-state index is 11.4. The molecular formula is C19H18N2O3. The normalized spacial score (nSPS) is 12.7. The van der Waals surface area contributed by atoms with Gasteiger partial charge in [0.05, 0.1) is 6.42 Å². The van der Waals surface area contributed by atoms with Gasteiger partial charge in [0.15, 0.2) is 11.5 Å². The van der Waals surface area contributed by atoms with Crippen LogP contribution >= 0.6 is 0 Å². The Morgan fingerprint density at radius 2 is 1.92 bits per heavy atom. The molecule has 5 nitrogen and oxygen atoms in total. The van der Waals surface area contributed by atoms with Crippen molar-refractivity contribution in [2.45, 2.75) is 19.3 Å². The van der Waals surface area contributed by atoms with Crippen LogP contribution in [0.4, 0.5) is 0 Å². The van der Waals surface area contributed by atoms with Crippen LogP contribution in [0.5, 0.6) is 11.5 Å². The van der Waals surface area contributed by atoms with E-state index in [0.717, 1.165) is 46.5 Å². The minimum atomic E-state index is -0.316. The minimum Gasteiger partial charge on any atom is -0.454 e. The maximum Gasteiger partial charge on any atom is 0.231 e. The number of hydrogen-bond acceptors (Lipinski definition) is 3. The molecule has 1 aliphatic heterocycles. The van der Waals surface area contributed by atoms with Gasteiger partial charge in [-0.15, -0.1) is 0 Å². The van der Waals surface area contributed by atoms with Gasteiger partial charge in [0.1, 0.15) is 0 Å². The number of aryl methyl sites for hydroxylation is 2. The minimum absolute atomic E-state index is 0.250. The molecule has 5 heteroatoms. The summed E-state index contributed by atoms with van der Waals surface area (Å²) in [7, 11) is 0. The number of amides is 1. The second-order valence-electron chi connectivity index (χ2n) is 5.96. The van der Waals surface area contributed by atoms with Crippen LogP contribution in [0.1, 0.15) is 16.8 Å². The molecule has 0 atom stereocenters. The molecule has 0 radical (unpaired) electrons. The number of nitrogens with two attached hydrogens (primary N) is 1. The van der Waals surface area contributed by atoms with Crippen molar-refractivity contribution in [1.29, 1.82) is 0 Å². The molecule has 3 N–H and O–H groups in total. The Labute approximate surface area is 139 Å². The Balaban J connectivity index is 1.60. The molecule has 3 aromatic rings. The standard InChI is InChI=1S/C19H18N2O3/c20-19(22)10-14-13-3-1-2-4-15(13)21-16(14)7-5-12-6-8-17-18(9-12)24-11-23-17/h1-4,6,8-9,21H,5,7,10-11H2,(H2,20,22). The number of hydrogen-bond donors (Lipinski definition) is 2. The number of carbonyl (C=O) groups is 1. The molecule has 1 aromatic heterocycles. The van der Waals surface area contributed by atoms with Gasteiger partial charge in [-0.05, 0) is 42.2 Å².